The van der Waals surface area contributed by atoms with E-state index in [0.717, 1.165) is 23.9 Å². The maximum Gasteiger partial charge on any atom is 0.254 e. The molecule has 116 valence electrons. The molecule has 1 aromatic heterocycles. The molecule has 2 aromatic rings. The quantitative estimate of drug-likeness (QED) is 0.773. The molecule has 0 saturated carbocycles. The van der Waals surface area contributed by atoms with Crippen LogP contribution in [-0.4, -0.2) is 30.1 Å². The van der Waals surface area contributed by atoms with Gasteiger partial charge in [-0.25, -0.2) is 0 Å². The lowest BCUT2D eigenvalue weighted by atomic mass is 10.1. The Labute approximate surface area is 143 Å². The number of hydrogen-bond donors (Lipinski definition) is 0. The number of nitrogens with zero attached hydrogens (tertiary/aromatic N) is 1. The lowest BCUT2D eigenvalue weighted by Crippen LogP contribution is -2.36. The number of rotatable bonds is 5. The SMILES string of the molecule is O=C(c1cccc(Br)c1)N(Cc1cccs1)CC1CCCO1. The van der Waals surface area contributed by atoms with E-state index in [1.807, 2.05) is 40.6 Å². The Hall–Kier alpha value is -1.17. The van der Waals surface area contributed by atoms with Gasteiger partial charge >= 0.3 is 0 Å². The molecule has 1 aromatic carbocycles. The Bertz CT molecular complexity index is 623. The van der Waals surface area contributed by atoms with Crippen LogP contribution in [0.4, 0.5) is 0 Å². The second-order valence-corrected chi connectivity index (χ2v) is 7.36. The van der Waals surface area contributed by atoms with Crippen LogP contribution in [0.3, 0.4) is 0 Å². The lowest BCUT2D eigenvalue weighted by Gasteiger charge is -2.25. The predicted octanol–water partition coefficient (Wildman–Crippen LogP) is 4.33. The van der Waals surface area contributed by atoms with E-state index in [-0.39, 0.29) is 12.0 Å². The van der Waals surface area contributed by atoms with Crippen LogP contribution in [0, 0.1) is 0 Å². The zero-order valence-electron chi connectivity index (χ0n) is 12.2. The van der Waals surface area contributed by atoms with Gasteiger partial charge in [0.25, 0.3) is 5.91 Å². The van der Waals surface area contributed by atoms with Crippen molar-refractivity contribution in [3.8, 4) is 0 Å². The van der Waals surface area contributed by atoms with E-state index in [9.17, 15) is 4.79 Å². The summed E-state index contributed by atoms with van der Waals surface area (Å²) in [5.74, 6) is 0.0604. The molecule has 2 heterocycles. The van der Waals surface area contributed by atoms with E-state index in [2.05, 4.69) is 22.0 Å². The van der Waals surface area contributed by atoms with Crippen molar-refractivity contribution in [1.82, 2.24) is 4.90 Å². The van der Waals surface area contributed by atoms with E-state index in [1.54, 1.807) is 11.3 Å². The van der Waals surface area contributed by atoms with Crippen molar-refractivity contribution in [2.75, 3.05) is 13.2 Å². The molecular formula is C17H18BrNO2S. The highest BCUT2D eigenvalue weighted by molar-refractivity contribution is 9.10. The van der Waals surface area contributed by atoms with Crippen LogP contribution in [0.2, 0.25) is 0 Å². The van der Waals surface area contributed by atoms with Crippen molar-refractivity contribution in [3.05, 3.63) is 56.7 Å². The average molecular weight is 380 g/mol. The van der Waals surface area contributed by atoms with Gasteiger partial charge in [-0.3, -0.25) is 4.79 Å². The standard InChI is InChI=1S/C17H18BrNO2S/c18-14-5-1-4-13(10-14)17(20)19(11-15-6-2-8-21-15)12-16-7-3-9-22-16/h1,3-5,7,9-10,15H,2,6,8,11-12H2. The second kappa shape index (κ2) is 7.40. The molecule has 0 bridgehead atoms. The van der Waals surface area contributed by atoms with Crippen molar-refractivity contribution in [2.45, 2.75) is 25.5 Å². The maximum absolute atomic E-state index is 12.9. The predicted molar refractivity (Wildman–Crippen MR) is 92.2 cm³/mol. The van der Waals surface area contributed by atoms with Gasteiger partial charge in [-0.05, 0) is 42.5 Å². The first-order valence-corrected chi connectivity index (χ1v) is 9.08. The van der Waals surface area contributed by atoms with E-state index in [1.165, 1.54) is 4.88 Å². The number of carbonyl (C=O) groups excluding carboxylic acids is 1. The number of ether oxygens (including phenoxy) is 1. The molecule has 22 heavy (non-hydrogen) atoms. The van der Waals surface area contributed by atoms with Gasteiger partial charge in [0, 0.05) is 28.1 Å². The van der Waals surface area contributed by atoms with Crippen LogP contribution in [0.5, 0.6) is 0 Å². The van der Waals surface area contributed by atoms with Gasteiger partial charge in [-0.15, -0.1) is 11.3 Å². The van der Waals surface area contributed by atoms with Crippen molar-refractivity contribution >= 4 is 33.2 Å². The fourth-order valence-electron chi connectivity index (χ4n) is 2.65. The molecule has 3 rings (SSSR count). The zero-order valence-corrected chi connectivity index (χ0v) is 14.6. The molecule has 0 radical (unpaired) electrons. The first kappa shape index (κ1) is 15.7. The molecule has 0 N–H and O–H groups in total. The van der Waals surface area contributed by atoms with Crippen LogP contribution < -0.4 is 0 Å². The topological polar surface area (TPSA) is 29.5 Å². The van der Waals surface area contributed by atoms with Gasteiger partial charge in [0.15, 0.2) is 0 Å². The van der Waals surface area contributed by atoms with E-state index >= 15 is 0 Å². The summed E-state index contributed by atoms with van der Waals surface area (Å²) in [6.07, 6.45) is 2.28. The zero-order chi connectivity index (χ0) is 15.4. The highest BCUT2D eigenvalue weighted by Gasteiger charge is 2.24. The normalized spacial score (nSPS) is 17.6. The van der Waals surface area contributed by atoms with Crippen molar-refractivity contribution < 1.29 is 9.53 Å². The smallest absolute Gasteiger partial charge is 0.254 e. The highest BCUT2D eigenvalue weighted by Crippen LogP contribution is 2.20. The summed E-state index contributed by atoms with van der Waals surface area (Å²) in [5.41, 5.74) is 0.712. The number of benzene rings is 1. The Balaban J connectivity index is 1.78. The summed E-state index contributed by atoms with van der Waals surface area (Å²) in [4.78, 5) is 16.0. The first-order valence-electron chi connectivity index (χ1n) is 7.41. The van der Waals surface area contributed by atoms with Gasteiger partial charge < -0.3 is 9.64 Å². The Morgan fingerprint density at radius 3 is 2.95 bits per heavy atom. The Morgan fingerprint density at radius 1 is 1.36 bits per heavy atom. The molecule has 3 nitrogen and oxygen atoms in total. The minimum absolute atomic E-state index is 0.0604. The van der Waals surface area contributed by atoms with Gasteiger partial charge in [0.2, 0.25) is 0 Å². The highest BCUT2D eigenvalue weighted by atomic mass is 79.9. The van der Waals surface area contributed by atoms with Crippen LogP contribution >= 0.6 is 27.3 Å². The second-order valence-electron chi connectivity index (χ2n) is 5.41. The molecule has 5 heteroatoms. The van der Waals surface area contributed by atoms with Gasteiger partial charge in [-0.2, -0.15) is 0 Å². The molecule has 1 unspecified atom stereocenters. The fraction of sp³-hybridized carbons (Fsp3) is 0.353. The lowest BCUT2D eigenvalue weighted by molar-refractivity contribution is 0.0509. The average Bonchev–Trinajstić information content (AvgIpc) is 3.19. The third kappa shape index (κ3) is 3.97. The van der Waals surface area contributed by atoms with Gasteiger partial charge in [0.05, 0.1) is 12.6 Å². The molecule has 0 spiro atoms. The molecule has 1 aliphatic heterocycles. The monoisotopic (exact) mass is 379 g/mol. The maximum atomic E-state index is 12.9. The summed E-state index contributed by atoms with van der Waals surface area (Å²) in [5, 5.41) is 2.04. The third-order valence-corrected chi connectivity index (χ3v) is 5.09. The van der Waals surface area contributed by atoms with E-state index < -0.39 is 0 Å². The first-order chi connectivity index (χ1) is 10.7. The van der Waals surface area contributed by atoms with E-state index in [0.29, 0.717) is 18.7 Å². The molecule has 1 atom stereocenters. The number of hydrogen-bond acceptors (Lipinski definition) is 3. The molecular weight excluding hydrogens is 362 g/mol. The van der Waals surface area contributed by atoms with Gasteiger partial charge in [-0.1, -0.05) is 28.1 Å². The molecule has 1 aliphatic rings. The number of amides is 1. The molecule has 1 fully saturated rings. The third-order valence-electron chi connectivity index (χ3n) is 3.73. The molecule has 1 amide bonds. The Kier molecular flexibility index (Phi) is 5.28. The Morgan fingerprint density at radius 2 is 2.27 bits per heavy atom. The summed E-state index contributed by atoms with van der Waals surface area (Å²) in [6, 6.07) is 11.7. The van der Waals surface area contributed by atoms with Gasteiger partial charge in [0.1, 0.15) is 0 Å². The summed E-state index contributed by atoms with van der Waals surface area (Å²) in [6.45, 7) is 2.11. The number of halogens is 1. The van der Waals surface area contributed by atoms with Crippen LogP contribution in [0.1, 0.15) is 28.1 Å². The number of carbonyl (C=O) groups is 1. The molecule has 0 aliphatic carbocycles. The molecule has 1 saturated heterocycles. The largest absolute Gasteiger partial charge is 0.376 e. The van der Waals surface area contributed by atoms with Crippen LogP contribution in [0.15, 0.2) is 46.3 Å². The van der Waals surface area contributed by atoms with E-state index in [4.69, 9.17) is 4.74 Å². The van der Waals surface area contributed by atoms with Crippen molar-refractivity contribution in [2.24, 2.45) is 0 Å². The van der Waals surface area contributed by atoms with Crippen molar-refractivity contribution in [1.29, 1.82) is 0 Å². The summed E-state index contributed by atoms with van der Waals surface area (Å²) < 4.78 is 6.64. The summed E-state index contributed by atoms with van der Waals surface area (Å²) in [7, 11) is 0. The fourth-order valence-corrected chi connectivity index (χ4v) is 3.77. The van der Waals surface area contributed by atoms with Crippen LogP contribution in [0.25, 0.3) is 0 Å². The minimum atomic E-state index is 0.0604. The van der Waals surface area contributed by atoms with Crippen LogP contribution in [-0.2, 0) is 11.3 Å². The van der Waals surface area contributed by atoms with Crippen molar-refractivity contribution in [3.63, 3.8) is 0 Å². The number of thiophene rings is 1. The minimum Gasteiger partial charge on any atom is -0.376 e. The summed E-state index contributed by atoms with van der Waals surface area (Å²) >= 11 is 5.12.